The Bertz CT molecular complexity index is 708. The third-order valence-electron chi connectivity index (χ3n) is 4.02. The van der Waals surface area contributed by atoms with Gasteiger partial charge in [0.1, 0.15) is 11.5 Å². The molecule has 0 fully saturated rings. The maximum Gasteiger partial charge on any atom is 0.255 e. The van der Waals surface area contributed by atoms with Crippen LogP contribution in [0, 0.1) is 5.92 Å². The maximum absolute atomic E-state index is 12.9. The molecule has 0 aliphatic rings. The molecule has 0 aromatic heterocycles. The molecule has 2 rings (SSSR count). The van der Waals surface area contributed by atoms with E-state index in [-0.39, 0.29) is 18.1 Å². The van der Waals surface area contributed by atoms with E-state index in [0.29, 0.717) is 17.2 Å². The number of benzene rings is 2. The van der Waals surface area contributed by atoms with Crippen molar-refractivity contribution >= 4 is 5.91 Å². The summed E-state index contributed by atoms with van der Waals surface area (Å²) in [6.07, 6.45) is 0.864. The minimum absolute atomic E-state index is 0.0111. The molecule has 1 atom stereocenters. The van der Waals surface area contributed by atoms with Gasteiger partial charge in [0.15, 0.2) is 0 Å². The molecule has 1 N–H and O–H groups in total. The molecule has 0 spiro atoms. The summed E-state index contributed by atoms with van der Waals surface area (Å²) in [5.41, 5.74) is 1.62. The molecule has 0 unspecified atom stereocenters. The normalized spacial score (nSPS) is 12.1. The van der Waals surface area contributed by atoms with Crippen LogP contribution < -0.4 is 14.8 Å². The molecule has 2 aromatic rings. The van der Waals surface area contributed by atoms with Gasteiger partial charge in [0.05, 0.1) is 24.8 Å². The van der Waals surface area contributed by atoms with Crippen LogP contribution in [0.1, 0.15) is 56.1 Å². The fraction of sp³-hybridized carbons (Fsp3) is 0.409. The van der Waals surface area contributed by atoms with Crippen LogP contribution in [0.5, 0.6) is 11.5 Å². The third-order valence-corrected chi connectivity index (χ3v) is 4.02. The van der Waals surface area contributed by atoms with Crippen LogP contribution in [0.4, 0.5) is 0 Å². The van der Waals surface area contributed by atoms with Crippen LogP contribution in [0.15, 0.2) is 48.5 Å². The lowest BCUT2D eigenvalue weighted by Crippen LogP contribution is -2.30. The predicted octanol–water partition coefficient (Wildman–Crippen LogP) is 5.00. The first-order chi connectivity index (χ1) is 12.4. The summed E-state index contributed by atoms with van der Waals surface area (Å²) in [5, 5.41) is 3.17. The van der Waals surface area contributed by atoms with E-state index in [2.05, 4.69) is 19.2 Å². The highest BCUT2D eigenvalue weighted by Crippen LogP contribution is 2.26. The van der Waals surface area contributed by atoms with Crippen LogP contribution in [0.3, 0.4) is 0 Å². The first-order valence-electron chi connectivity index (χ1n) is 9.11. The average Bonchev–Trinajstić information content (AvgIpc) is 2.60. The molecule has 0 bridgehead atoms. The molecule has 4 heteroatoms. The van der Waals surface area contributed by atoms with E-state index >= 15 is 0 Å². The Kier molecular flexibility index (Phi) is 7.07. The molecule has 26 heavy (non-hydrogen) atoms. The molecule has 0 radical (unpaired) electrons. The van der Waals surface area contributed by atoms with Gasteiger partial charge in [0, 0.05) is 0 Å². The summed E-state index contributed by atoms with van der Waals surface area (Å²) in [6.45, 7) is 8.21. The van der Waals surface area contributed by atoms with Crippen LogP contribution in [0.2, 0.25) is 0 Å². The van der Waals surface area contributed by atoms with Gasteiger partial charge in [-0.25, -0.2) is 0 Å². The van der Waals surface area contributed by atoms with Gasteiger partial charge in [-0.2, -0.15) is 0 Å². The van der Waals surface area contributed by atoms with E-state index in [9.17, 15) is 4.79 Å². The van der Waals surface area contributed by atoms with Crippen molar-refractivity contribution < 1.29 is 14.3 Å². The fourth-order valence-corrected chi connectivity index (χ4v) is 2.83. The predicted molar refractivity (Wildman–Crippen MR) is 105 cm³/mol. The molecule has 2 aromatic carbocycles. The third kappa shape index (κ3) is 5.51. The van der Waals surface area contributed by atoms with Gasteiger partial charge in [-0.05, 0) is 56.0 Å². The molecular weight excluding hydrogens is 326 g/mol. The highest BCUT2D eigenvalue weighted by Gasteiger charge is 2.20. The number of methoxy groups -OCH3 is 1. The summed E-state index contributed by atoms with van der Waals surface area (Å²) in [7, 11) is 1.65. The van der Waals surface area contributed by atoms with Gasteiger partial charge in [0.25, 0.3) is 5.91 Å². The van der Waals surface area contributed by atoms with Gasteiger partial charge in [-0.3, -0.25) is 4.79 Å². The Morgan fingerprint density at radius 3 is 2.23 bits per heavy atom. The summed E-state index contributed by atoms with van der Waals surface area (Å²) in [5.74, 6) is 1.74. The highest BCUT2D eigenvalue weighted by atomic mass is 16.5. The summed E-state index contributed by atoms with van der Waals surface area (Å²) in [4.78, 5) is 12.9. The number of nitrogens with one attached hydrogen (secondary N) is 1. The Balaban J connectivity index is 2.23. The van der Waals surface area contributed by atoms with Crippen molar-refractivity contribution in [2.75, 3.05) is 7.11 Å². The van der Waals surface area contributed by atoms with Gasteiger partial charge < -0.3 is 14.8 Å². The monoisotopic (exact) mass is 355 g/mol. The van der Waals surface area contributed by atoms with Crippen molar-refractivity contribution in [1.29, 1.82) is 0 Å². The van der Waals surface area contributed by atoms with Gasteiger partial charge in [-0.1, -0.05) is 38.1 Å². The Labute approximate surface area is 156 Å². The summed E-state index contributed by atoms with van der Waals surface area (Å²) >= 11 is 0. The lowest BCUT2D eigenvalue weighted by atomic mass is 9.96. The molecule has 0 saturated carbocycles. The van der Waals surface area contributed by atoms with Crippen LogP contribution >= 0.6 is 0 Å². The van der Waals surface area contributed by atoms with Crippen molar-refractivity contribution in [1.82, 2.24) is 5.32 Å². The van der Waals surface area contributed by atoms with Gasteiger partial charge in [0.2, 0.25) is 0 Å². The van der Waals surface area contributed by atoms with Crippen molar-refractivity contribution in [3.05, 3.63) is 59.7 Å². The first-order valence-corrected chi connectivity index (χ1v) is 9.11. The molecule has 140 valence electrons. The van der Waals surface area contributed by atoms with Crippen molar-refractivity contribution in [3.63, 3.8) is 0 Å². The van der Waals surface area contributed by atoms with Gasteiger partial charge >= 0.3 is 0 Å². The molecule has 0 aliphatic carbocycles. The topological polar surface area (TPSA) is 47.6 Å². The fourth-order valence-electron chi connectivity index (χ4n) is 2.83. The Hall–Kier alpha value is -2.49. The maximum atomic E-state index is 12.9. The smallest absolute Gasteiger partial charge is 0.255 e. The average molecular weight is 355 g/mol. The van der Waals surface area contributed by atoms with Crippen LogP contribution in [0.25, 0.3) is 0 Å². The molecule has 0 aliphatic heterocycles. The lowest BCUT2D eigenvalue weighted by molar-refractivity contribution is 0.0926. The number of rotatable bonds is 8. The van der Waals surface area contributed by atoms with E-state index in [1.54, 1.807) is 13.2 Å². The number of hydrogen-bond acceptors (Lipinski definition) is 3. The first kappa shape index (κ1) is 19.8. The van der Waals surface area contributed by atoms with E-state index in [0.717, 1.165) is 17.7 Å². The minimum atomic E-state index is -0.122. The summed E-state index contributed by atoms with van der Waals surface area (Å²) in [6, 6.07) is 15.1. The zero-order valence-electron chi connectivity index (χ0n) is 16.3. The van der Waals surface area contributed by atoms with Crippen molar-refractivity contribution in [2.24, 2.45) is 5.92 Å². The molecular formula is C22H29NO3. The minimum Gasteiger partial charge on any atom is -0.497 e. The standard InChI is InChI=1S/C22H29NO3/c1-15(2)14-20(17-10-12-18(25-5)13-11-17)23-22(24)19-8-6-7-9-21(19)26-16(3)4/h6-13,15-16,20H,14H2,1-5H3,(H,23,24)/t20-/m0/s1. The highest BCUT2D eigenvalue weighted by molar-refractivity contribution is 5.97. The van der Waals surface area contributed by atoms with Crippen LogP contribution in [-0.2, 0) is 0 Å². The second-order valence-electron chi connectivity index (χ2n) is 7.09. The number of hydrogen-bond donors (Lipinski definition) is 1. The van der Waals surface area contributed by atoms with E-state index < -0.39 is 0 Å². The number of amides is 1. The zero-order valence-corrected chi connectivity index (χ0v) is 16.3. The quantitative estimate of drug-likeness (QED) is 0.725. The molecule has 1 amide bonds. The Morgan fingerprint density at radius 1 is 1.00 bits per heavy atom. The number of carbonyl (C=O) groups excluding carboxylic acids is 1. The van der Waals surface area contributed by atoms with E-state index in [1.165, 1.54) is 0 Å². The zero-order chi connectivity index (χ0) is 19.1. The number of ether oxygens (including phenoxy) is 2. The second kappa shape index (κ2) is 9.27. The van der Waals surface area contributed by atoms with Crippen LogP contribution in [-0.4, -0.2) is 19.1 Å². The summed E-state index contributed by atoms with van der Waals surface area (Å²) < 4.78 is 11.0. The van der Waals surface area contributed by atoms with E-state index in [4.69, 9.17) is 9.47 Å². The largest absolute Gasteiger partial charge is 0.497 e. The lowest BCUT2D eigenvalue weighted by Gasteiger charge is -2.22. The second-order valence-corrected chi connectivity index (χ2v) is 7.09. The molecule has 0 saturated heterocycles. The number of para-hydroxylation sites is 1. The van der Waals surface area contributed by atoms with Gasteiger partial charge in [-0.15, -0.1) is 0 Å². The van der Waals surface area contributed by atoms with E-state index in [1.807, 2.05) is 56.3 Å². The van der Waals surface area contributed by atoms with Crippen molar-refractivity contribution in [2.45, 2.75) is 46.3 Å². The molecule has 0 heterocycles. The Morgan fingerprint density at radius 2 is 1.65 bits per heavy atom. The SMILES string of the molecule is COc1ccc([C@H](CC(C)C)NC(=O)c2ccccc2OC(C)C)cc1. The molecule has 4 nitrogen and oxygen atoms in total. The number of carbonyl (C=O) groups is 1. The van der Waals surface area contributed by atoms with Crippen molar-refractivity contribution in [3.8, 4) is 11.5 Å².